The summed E-state index contributed by atoms with van der Waals surface area (Å²) < 4.78 is 0. The van der Waals surface area contributed by atoms with Gasteiger partial charge in [0.2, 0.25) is 0 Å². The van der Waals surface area contributed by atoms with Crippen molar-refractivity contribution in [2.24, 2.45) is 0 Å². The normalized spacial score (nSPS) is 14.2. The molecule has 0 spiro atoms. The van der Waals surface area contributed by atoms with Gasteiger partial charge in [-0.3, -0.25) is 4.79 Å². The van der Waals surface area contributed by atoms with Crippen LogP contribution in [0.15, 0.2) is 54.6 Å². The molecule has 0 unspecified atom stereocenters. The summed E-state index contributed by atoms with van der Waals surface area (Å²) >= 11 is 0. The molecule has 1 aliphatic heterocycles. The highest BCUT2D eigenvalue weighted by atomic mass is 16.2. The molecule has 1 aromatic heterocycles. The lowest BCUT2D eigenvalue weighted by Crippen LogP contribution is -2.27. The third-order valence-corrected chi connectivity index (χ3v) is 5.00. The van der Waals surface area contributed by atoms with Gasteiger partial charge in [0.1, 0.15) is 0 Å². The van der Waals surface area contributed by atoms with Gasteiger partial charge in [0, 0.05) is 24.0 Å². The quantitative estimate of drug-likeness (QED) is 0.697. The zero-order valence-electron chi connectivity index (χ0n) is 14.5. The van der Waals surface area contributed by atoms with Crippen LogP contribution in [0.2, 0.25) is 0 Å². The van der Waals surface area contributed by atoms with Gasteiger partial charge in [-0.05, 0) is 37.0 Å². The van der Waals surface area contributed by atoms with Crippen LogP contribution in [0, 0.1) is 0 Å². The molecule has 3 nitrogen and oxygen atoms in total. The lowest BCUT2D eigenvalue weighted by Gasteiger charge is -2.17. The molecule has 1 fully saturated rings. The Bertz CT molecular complexity index is 909. The summed E-state index contributed by atoms with van der Waals surface area (Å²) in [6.07, 6.45) is 3.21. The van der Waals surface area contributed by atoms with Crippen LogP contribution in [0.25, 0.3) is 22.2 Å². The monoisotopic (exact) mass is 330 g/mol. The molecule has 2 heterocycles. The van der Waals surface area contributed by atoms with E-state index in [0.29, 0.717) is 0 Å². The topological polar surface area (TPSA) is 33.2 Å². The number of carbonyl (C=O) groups excluding carboxylic acids is 1. The second-order valence-electron chi connectivity index (χ2n) is 6.62. The molecule has 3 aromatic rings. The Kier molecular flexibility index (Phi) is 4.22. The lowest BCUT2D eigenvalue weighted by atomic mass is 10.0. The van der Waals surface area contributed by atoms with Crippen LogP contribution in [0.3, 0.4) is 0 Å². The molecule has 0 N–H and O–H groups in total. The molecule has 4 rings (SSSR count). The van der Waals surface area contributed by atoms with Crippen molar-refractivity contribution in [1.82, 2.24) is 9.88 Å². The van der Waals surface area contributed by atoms with E-state index in [9.17, 15) is 4.79 Å². The predicted molar refractivity (Wildman–Crippen MR) is 102 cm³/mol. The van der Waals surface area contributed by atoms with Crippen molar-refractivity contribution in [3.05, 3.63) is 65.7 Å². The largest absolute Gasteiger partial charge is 0.339 e. The van der Waals surface area contributed by atoms with E-state index in [4.69, 9.17) is 4.98 Å². The lowest BCUT2D eigenvalue weighted by molar-refractivity contribution is 0.0794. The van der Waals surface area contributed by atoms with Crippen LogP contribution in [0.1, 0.15) is 35.7 Å². The van der Waals surface area contributed by atoms with Gasteiger partial charge in [-0.15, -0.1) is 0 Å². The fourth-order valence-electron chi connectivity index (χ4n) is 3.50. The molecule has 1 amide bonds. The predicted octanol–water partition coefficient (Wildman–Crippen LogP) is 4.70. The standard InChI is InChI=1S/C22H22N2O/c1-2-16-9-11-17(12-10-16)21-15-19(22(25)24-13-5-6-14-24)18-7-3-4-8-20(18)23-21/h3-4,7-12,15H,2,5-6,13-14H2,1H3. The van der Waals surface area contributed by atoms with Gasteiger partial charge in [0.15, 0.2) is 0 Å². The number of amides is 1. The van der Waals surface area contributed by atoms with Gasteiger partial charge in [-0.2, -0.15) is 0 Å². The van der Waals surface area contributed by atoms with Crippen LogP contribution in [-0.4, -0.2) is 28.9 Å². The molecule has 0 atom stereocenters. The molecule has 1 saturated heterocycles. The zero-order chi connectivity index (χ0) is 17.2. The molecule has 0 aliphatic carbocycles. The molecule has 0 saturated carbocycles. The fourth-order valence-corrected chi connectivity index (χ4v) is 3.50. The third-order valence-electron chi connectivity index (χ3n) is 5.00. The molecule has 1 aliphatic rings. The summed E-state index contributed by atoms with van der Waals surface area (Å²) in [7, 11) is 0. The minimum atomic E-state index is 0.127. The van der Waals surface area contributed by atoms with Crippen molar-refractivity contribution in [3.8, 4) is 11.3 Å². The van der Waals surface area contributed by atoms with Crippen LogP contribution >= 0.6 is 0 Å². The number of nitrogens with zero attached hydrogens (tertiary/aromatic N) is 2. The van der Waals surface area contributed by atoms with Gasteiger partial charge in [-0.25, -0.2) is 4.98 Å². The number of hydrogen-bond donors (Lipinski definition) is 0. The van der Waals surface area contributed by atoms with Crippen molar-refractivity contribution in [2.75, 3.05) is 13.1 Å². The number of fused-ring (bicyclic) bond motifs is 1. The summed E-state index contributed by atoms with van der Waals surface area (Å²) in [6.45, 7) is 3.86. The number of aromatic nitrogens is 1. The van der Waals surface area contributed by atoms with Crippen molar-refractivity contribution in [2.45, 2.75) is 26.2 Å². The second kappa shape index (κ2) is 6.67. The summed E-state index contributed by atoms with van der Waals surface area (Å²) in [4.78, 5) is 19.8. The van der Waals surface area contributed by atoms with E-state index in [1.54, 1.807) is 0 Å². The first-order valence-corrected chi connectivity index (χ1v) is 9.04. The van der Waals surface area contributed by atoms with E-state index in [-0.39, 0.29) is 5.91 Å². The molecule has 2 aromatic carbocycles. The number of para-hydroxylation sites is 1. The van der Waals surface area contributed by atoms with Crippen LogP contribution < -0.4 is 0 Å². The van der Waals surface area contributed by atoms with Crippen LogP contribution in [0.4, 0.5) is 0 Å². The number of likely N-dealkylation sites (tertiary alicyclic amines) is 1. The first kappa shape index (κ1) is 15.8. The maximum absolute atomic E-state index is 13.0. The Morgan fingerprint density at radius 3 is 2.48 bits per heavy atom. The molecular weight excluding hydrogens is 308 g/mol. The Morgan fingerprint density at radius 2 is 1.76 bits per heavy atom. The van der Waals surface area contributed by atoms with Gasteiger partial charge >= 0.3 is 0 Å². The maximum Gasteiger partial charge on any atom is 0.254 e. The smallest absolute Gasteiger partial charge is 0.254 e. The van der Waals surface area contributed by atoms with Gasteiger partial charge < -0.3 is 4.90 Å². The van der Waals surface area contributed by atoms with E-state index in [2.05, 4.69) is 31.2 Å². The highest BCUT2D eigenvalue weighted by Crippen LogP contribution is 2.27. The summed E-state index contributed by atoms with van der Waals surface area (Å²) in [5, 5.41) is 0.938. The molecule has 0 radical (unpaired) electrons. The number of pyridine rings is 1. The SMILES string of the molecule is CCc1ccc(-c2cc(C(=O)N3CCCC3)c3ccccc3n2)cc1. The van der Waals surface area contributed by atoms with Gasteiger partial charge in [0.05, 0.1) is 16.8 Å². The Labute approximate surface area is 148 Å². The molecular formula is C22H22N2O. The van der Waals surface area contributed by atoms with E-state index in [1.807, 2.05) is 35.2 Å². The Balaban J connectivity index is 1.84. The molecule has 0 bridgehead atoms. The minimum absolute atomic E-state index is 0.127. The van der Waals surface area contributed by atoms with Crippen LogP contribution in [-0.2, 0) is 6.42 Å². The Morgan fingerprint density at radius 1 is 1.04 bits per heavy atom. The average molecular weight is 330 g/mol. The third kappa shape index (κ3) is 3.02. The van der Waals surface area contributed by atoms with Crippen LogP contribution in [0.5, 0.6) is 0 Å². The number of rotatable bonds is 3. The molecule has 126 valence electrons. The number of aryl methyl sites for hydroxylation is 1. The summed E-state index contributed by atoms with van der Waals surface area (Å²) in [6, 6.07) is 18.4. The minimum Gasteiger partial charge on any atom is -0.339 e. The molecule has 3 heteroatoms. The van der Waals surface area contributed by atoms with Crippen molar-refractivity contribution in [3.63, 3.8) is 0 Å². The van der Waals surface area contributed by atoms with Gasteiger partial charge in [-0.1, -0.05) is 49.4 Å². The molecule has 25 heavy (non-hydrogen) atoms. The van der Waals surface area contributed by atoms with Crippen molar-refractivity contribution in [1.29, 1.82) is 0 Å². The van der Waals surface area contributed by atoms with E-state index >= 15 is 0 Å². The zero-order valence-corrected chi connectivity index (χ0v) is 14.5. The first-order valence-electron chi connectivity index (χ1n) is 9.04. The highest BCUT2D eigenvalue weighted by molar-refractivity contribution is 6.07. The fraction of sp³-hybridized carbons (Fsp3) is 0.273. The average Bonchev–Trinajstić information content (AvgIpc) is 3.21. The summed E-state index contributed by atoms with van der Waals surface area (Å²) in [5.74, 6) is 0.127. The van der Waals surface area contributed by atoms with Crippen molar-refractivity contribution >= 4 is 16.8 Å². The van der Waals surface area contributed by atoms with E-state index in [0.717, 1.165) is 60.1 Å². The van der Waals surface area contributed by atoms with Crippen molar-refractivity contribution < 1.29 is 4.79 Å². The van der Waals surface area contributed by atoms with E-state index < -0.39 is 0 Å². The number of carbonyl (C=O) groups is 1. The van der Waals surface area contributed by atoms with Gasteiger partial charge in [0.25, 0.3) is 5.91 Å². The maximum atomic E-state index is 13.0. The highest BCUT2D eigenvalue weighted by Gasteiger charge is 2.22. The van der Waals surface area contributed by atoms with E-state index in [1.165, 1.54) is 5.56 Å². The Hall–Kier alpha value is -2.68. The second-order valence-corrected chi connectivity index (χ2v) is 6.62. The number of benzene rings is 2. The first-order chi connectivity index (χ1) is 12.3. The summed E-state index contributed by atoms with van der Waals surface area (Å²) in [5.41, 5.74) is 4.87. The number of hydrogen-bond acceptors (Lipinski definition) is 2.